The Kier molecular flexibility index (Phi) is 5.00. The van der Waals surface area contributed by atoms with Crippen molar-refractivity contribution in [3.05, 3.63) is 65.5 Å². The van der Waals surface area contributed by atoms with Gasteiger partial charge in [-0.15, -0.1) is 0 Å². The van der Waals surface area contributed by atoms with Gasteiger partial charge in [0.2, 0.25) is 5.91 Å². The highest BCUT2D eigenvalue weighted by Gasteiger charge is 2.20. The molecular weight excluding hydrogens is 309 g/mol. The summed E-state index contributed by atoms with van der Waals surface area (Å²) in [6.45, 7) is -0.0993. The lowest BCUT2D eigenvalue weighted by molar-refractivity contribution is -0.117. The third kappa shape index (κ3) is 4.32. The smallest absolute Gasteiger partial charge is 0.258 e. The number of rotatable bonds is 5. The van der Waals surface area contributed by atoms with Crippen LogP contribution in [0, 0.1) is 17.5 Å². The van der Waals surface area contributed by atoms with Gasteiger partial charge in [-0.05, 0) is 36.4 Å². The summed E-state index contributed by atoms with van der Waals surface area (Å²) in [5, 5.41) is 0. The van der Waals surface area contributed by atoms with Gasteiger partial charge < -0.3 is 10.6 Å². The van der Waals surface area contributed by atoms with Crippen molar-refractivity contribution in [1.82, 2.24) is 0 Å². The van der Waals surface area contributed by atoms with E-state index in [9.17, 15) is 22.8 Å². The lowest BCUT2D eigenvalue weighted by atomic mass is 10.1. The lowest BCUT2D eigenvalue weighted by Crippen LogP contribution is -2.34. The third-order valence-electron chi connectivity index (χ3n) is 3.07. The van der Waals surface area contributed by atoms with Gasteiger partial charge in [-0.2, -0.15) is 0 Å². The molecule has 23 heavy (non-hydrogen) atoms. The highest BCUT2D eigenvalue weighted by atomic mass is 19.1. The summed E-state index contributed by atoms with van der Waals surface area (Å²) in [6.07, 6.45) is -0.152. The quantitative estimate of drug-likeness (QED) is 0.920. The molecule has 0 aliphatic carbocycles. The molecule has 0 radical (unpaired) electrons. The first-order valence-electron chi connectivity index (χ1n) is 6.68. The lowest BCUT2D eigenvalue weighted by Gasteiger charge is -2.22. The topological polar surface area (TPSA) is 63.4 Å². The van der Waals surface area contributed by atoms with Crippen molar-refractivity contribution in [3.63, 3.8) is 0 Å². The van der Waals surface area contributed by atoms with E-state index in [1.165, 1.54) is 12.1 Å². The molecule has 0 spiro atoms. The Balaban J connectivity index is 2.37. The van der Waals surface area contributed by atoms with E-state index in [1.54, 1.807) is 0 Å². The molecule has 2 amide bonds. The number of benzene rings is 2. The van der Waals surface area contributed by atoms with Crippen LogP contribution in [0.2, 0.25) is 0 Å². The molecule has 120 valence electrons. The molecule has 2 aromatic rings. The van der Waals surface area contributed by atoms with Crippen molar-refractivity contribution in [2.45, 2.75) is 6.42 Å². The van der Waals surface area contributed by atoms with E-state index in [-0.39, 0.29) is 24.2 Å². The normalized spacial score (nSPS) is 10.4. The molecule has 0 aliphatic rings. The number of hydrogen-bond donors (Lipinski definition) is 1. The fourth-order valence-corrected chi connectivity index (χ4v) is 2.02. The van der Waals surface area contributed by atoms with Crippen molar-refractivity contribution in [3.8, 4) is 0 Å². The maximum atomic E-state index is 13.3. The molecular formula is C16H13F3N2O2. The zero-order valence-electron chi connectivity index (χ0n) is 11.9. The number of carbonyl (C=O) groups excluding carboxylic acids is 2. The average molecular weight is 322 g/mol. The Labute approximate surface area is 130 Å². The maximum absolute atomic E-state index is 13.3. The molecule has 0 aromatic heterocycles. The molecule has 0 aliphatic heterocycles. The fourth-order valence-electron chi connectivity index (χ4n) is 2.02. The molecule has 2 aromatic carbocycles. The summed E-state index contributed by atoms with van der Waals surface area (Å²) in [4.78, 5) is 24.6. The molecule has 2 N–H and O–H groups in total. The maximum Gasteiger partial charge on any atom is 0.258 e. The Morgan fingerprint density at radius 2 is 1.48 bits per heavy atom. The number of amides is 2. The third-order valence-corrected chi connectivity index (χ3v) is 3.07. The van der Waals surface area contributed by atoms with Gasteiger partial charge in [0.05, 0.1) is 0 Å². The summed E-state index contributed by atoms with van der Waals surface area (Å²) >= 11 is 0. The highest BCUT2D eigenvalue weighted by molar-refractivity contribution is 6.06. The number of carbonyl (C=O) groups is 2. The van der Waals surface area contributed by atoms with E-state index >= 15 is 0 Å². The largest absolute Gasteiger partial charge is 0.370 e. The van der Waals surface area contributed by atoms with E-state index in [0.717, 1.165) is 29.2 Å². The predicted molar refractivity (Wildman–Crippen MR) is 78.2 cm³/mol. The molecule has 0 saturated carbocycles. The molecule has 0 bridgehead atoms. The van der Waals surface area contributed by atoms with Crippen LogP contribution in [0.5, 0.6) is 0 Å². The first-order chi connectivity index (χ1) is 10.9. The Morgan fingerprint density at radius 3 is 2.00 bits per heavy atom. The number of hydrogen-bond acceptors (Lipinski definition) is 2. The first kappa shape index (κ1) is 16.5. The predicted octanol–water partition coefficient (Wildman–Crippen LogP) is 2.63. The number of halogens is 3. The van der Waals surface area contributed by atoms with Crippen molar-refractivity contribution < 1.29 is 22.8 Å². The van der Waals surface area contributed by atoms with Crippen molar-refractivity contribution in [2.75, 3.05) is 11.4 Å². The van der Waals surface area contributed by atoms with Crippen molar-refractivity contribution in [2.24, 2.45) is 5.73 Å². The van der Waals surface area contributed by atoms with Crippen LogP contribution in [-0.4, -0.2) is 18.4 Å². The first-order valence-corrected chi connectivity index (χ1v) is 6.68. The van der Waals surface area contributed by atoms with E-state index in [2.05, 4.69) is 0 Å². The highest BCUT2D eigenvalue weighted by Crippen LogP contribution is 2.19. The minimum atomic E-state index is -0.901. The van der Waals surface area contributed by atoms with Gasteiger partial charge in [0.25, 0.3) is 5.91 Å². The van der Waals surface area contributed by atoms with Gasteiger partial charge in [0.15, 0.2) is 0 Å². The van der Waals surface area contributed by atoms with Crippen LogP contribution in [0.1, 0.15) is 16.8 Å². The summed E-state index contributed by atoms with van der Waals surface area (Å²) in [7, 11) is 0. The van der Waals surface area contributed by atoms with Gasteiger partial charge in [-0.3, -0.25) is 9.59 Å². The van der Waals surface area contributed by atoms with Gasteiger partial charge in [0.1, 0.15) is 17.5 Å². The molecule has 0 fully saturated rings. The molecule has 0 atom stereocenters. The molecule has 7 heteroatoms. The number of nitrogens with two attached hydrogens (primary N) is 1. The summed E-state index contributed by atoms with van der Waals surface area (Å²) in [6, 6.07) is 7.31. The second-order valence-corrected chi connectivity index (χ2v) is 4.81. The standard InChI is InChI=1S/C16H13F3N2O2/c17-11-1-3-14(4-2-11)21(6-5-15(20)22)16(23)10-7-12(18)9-13(19)8-10/h1-4,7-9H,5-6H2,(H2,20,22). The molecule has 0 saturated heterocycles. The molecule has 4 nitrogen and oxygen atoms in total. The molecule has 2 rings (SSSR count). The van der Waals surface area contributed by atoms with Crippen LogP contribution in [0.4, 0.5) is 18.9 Å². The number of primary amides is 1. The van der Waals surface area contributed by atoms with E-state index < -0.39 is 29.3 Å². The average Bonchev–Trinajstić information content (AvgIpc) is 2.47. The second kappa shape index (κ2) is 6.95. The Bertz CT molecular complexity index is 712. The zero-order valence-corrected chi connectivity index (χ0v) is 11.9. The van der Waals surface area contributed by atoms with Crippen molar-refractivity contribution in [1.29, 1.82) is 0 Å². The SMILES string of the molecule is NC(=O)CCN(C(=O)c1cc(F)cc(F)c1)c1ccc(F)cc1. The number of anilines is 1. The monoisotopic (exact) mass is 322 g/mol. The van der Waals surface area contributed by atoms with Crippen LogP contribution < -0.4 is 10.6 Å². The Morgan fingerprint density at radius 1 is 0.913 bits per heavy atom. The van der Waals surface area contributed by atoms with E-state index in [0.29, 0.717) is 6.07 Å². The minimum absolute atomic E-state index is 0.0993. The van der Waals surface area contributed by atoms with Crippen LogP contribution in [0.3, 0.4) is 0 Å². The zero-order chi connectivity index (χ0) is 17.0. The van der Waals surface area contributed by atoms with Crippen molar-refractivity contribution >= 4 is 17.5 Å². The fraction of sp³-hybridized carbons (Fsp3) is 0.125. The Hall–Kier alpha value is -2.83. The van der Waals surface area contributed by atoms with E-state index in [4.69, 9.17) is 5.73 Å². The summed E-state index contributed by atoms with van der Waals surface area (Å²) < 4.78 is 39.6. The minimum Gasteiger partial charge on any atom is -0.370 e. The summed E-state index contributed by atoms with van der Waals surface area (Å²) in [5.41, 5.74) is 5.13. The van der Waals surface area contributed by atoms with Crippen LogP contribution in [0.15, 0.2) is 42.5 Å². The van der Waals surface area contributed by atoms with Gasteiger partial charge >= 0.3 is 0 Å². The molecule has 0 unspecified atom stereocenters. The van der Waals surface area contributed by atoms with Crippen LogP contribution >= 0.6 is 0 Å². The van der Waals surface area contributed by atoms with Crippen LogP contribution in [0.25, 0.3) is 0 Å². The van der Waals surface area contributed by atoms with E-state index in [1.807, 2.05) is 0 Å². The molecule has 0 heterocycles. The van der Waals surface area contributed by atoms with Gasteiger partial charge in [-0.25, -0.2) is 13.2 Å². The number of nitrogens with zero attached hydrogens (tertiary/aromatic N) is 1. The van der Waals surface area contributed by atoms with Crippen LogP contribution in [-0.2, 0) is 4.79 Å². The second-order valence-electron chi connectivity index (χ2n) is 4.81. The summed E-state index contributed by atoms with van der Waals surface area (Å²) in [5.74, 6) is -3.68. The van der Waals surface area contributed by atoms with Gasteiger partial charge in [0, 0.05) is 30.3 Å². The van der Waals surface area contributed by atoms with Gasteiger partial charge in [-0.1, -0.05) is 0 Å².